The lowest BCUT2D eigenvalue weighted by molar-refractivity contribution is -0.124. The first-order valence-electron chi connectivity index (χ1n) is 8.30. The number of carbonyl (C=O) groups excluding carboxylic acids is 1. The highest BCUT2D eigenvalue weighted by Crippen LogP contribution is 2.26. The Labute approximate surface area is 161 Å². The van der Waals surface area contributed by atoms with Crippen molar-refractivity contribution in [1.29, 1.82) is 0 Å². The predicted molar refractivity (Wildman–Crippen MR) is 103 cm³/mol. The van der Waals surface area contributed by atoms with Crippen LogP contribution in [0.2, 0.25) is 0 Å². The molecule has 8 nitrogen and oxygen atoms in total. The zero-order valence-electron chi connectivity index (χ0n) is 14.7. The van der Waals surface area contributed by atoms with Crippen molar-refractivity contribution in [2.45, 2.75) is 11.8 Å². The first kappa shape index (κ1) is 19.5. The summed E-state index contributed by atoms with van der Waals surface area (Å²) in [4.78, 5) is 18.5. The van der Waals surface area contributed by atoms with Crippen molar-refractivity contribution in [3.05, 3.63) is 47.0 Å². The van der Waals surface area contributed by atoms with Gasteiger partial charge in [0.1, 0.15) is 0 Å². The van der Waals surface area contributed by atoms with Crippen LogP contribution in [0.4, 0.5) is 5.13 Å². The van der Waals surface area contributed by atoms with Crippen LogP contribution < -0.4 is 10.4 Å². The van der Waals surface area contributed by atoms with Crippen molar-refractivity contribution in [3.8, 4) is 0 Å². The highest BCUT2D eigenvalue weighted by molar-refractivity contribution is 7.89. The van der Waals surface area contributed by atoms with E-state index in [-0.39, 0.29) is 0 Å². The molecule has 2 aromatic rings. The fourth-order valence-corrected chi connectivity index (χ4v) is 4.97. The summed E-state index contributed by atoms with van der Waals surface area (Å²) in [5, 5.41) is 9.25. The second kappa shape index (κ2) is 8.17. The number of piperazine rings is 1. The van der Waals surface area contributed by atoms with Crippen LogP contribution in [-0.4, -0.2) is 55.0 Å². The van der Waals surface area contributed by atoms with Gasteiger partial charge in [-0.2, -0.15) is 4.31 Å². The molecule has 27 heavy (non-hydrogen) atoms. The molecule has 0 saturated carbocycles. The number of hydroxylamine groups is 1. The number of carbonyl (C=O) groups is 1. The van der Waals surface area contributed by atoms with Gasteiger partial charge in [0.05, 0.1) is 4.90 Å². The maximum atomic E-state index is 12.8. The first-order chi connectivity index (χ1) is 12.9. The number of anilines is 1. The molecule has 1 aliphatic rings. The van der Waals surface area contributed by atoms with Crippen molar-refractivity contribution >= 4 is 38.5 Å². The molecular weight excluding hydrogens is 388 g/mol. The molecule has 3 rings (SSSR count). The molecule has 1 amide bonds. The molecule has 0 bridgehead atoms. The monoisotopic (exact) mass is 408 g/mol. The SMILES string of the molecule is Cc1ccc(S(=O)(=O)N2CCN(c3ncc(/C=C/C(=O)NO)s3)CC2)cc1. The quantitative estimate of drug-likeness (QED) is 0.441. The van der Waals surface area contributed by atoms with Gasteiger partial charge in [-0.05, 0) is 25.1 Å². The van der Waals surface area contributed by atoms with Crippen LogP contribution in [-0.2, 0) is 14.8 Å². The van der Waals surface area contributed by atoms with E-state index in [0.717, 1.165) is 15.6 Å². The maximum Gasteiger partial charge on any atom is 0.267 e. The number of amides is 1. The summed E-state index contributed by atoms with van der Waals surface area (Å²) in [6.07, 6.45) is 4.41. The molecule has 2 N–H and O–H groups in total. The number of sulfonamides is 1. The average molecular weight is 409 g/mol. The second-order valence-corrected chi connectivity index (χ2v) is 9.04. The number of hydrogen-bond donors (Lipinski definition) is 2. The third-order valence-electron chi connectivity index (χ3n) is 4.19. The van der Waals surface area contributed by atoms with E-state index in [9.17, 15) is 13.2 Å². The molecule has 2 heterocycles. The van der Waals surface area contributed by atoms with Gasteiger partial charge in [-0.15, -0.1) is 0 Å². The number of nitrogens with one attached hydrogen (secondary N) is 1. The lowest BCUT2D eigenvalue weighted by Gasteiger charge is -2.33. The Hall–Kier alpha value is -2.27. The molecule has 0 aliphatic carbocycles. The summed E-state index contributed by atoms with van der Waals surface area (Å²) in [5.74, 6) is -0.611. The van der Waals surface area contributed by atoms with Gasteiger partial charge in [0, 0.05) is 43.3 Å². The molecule has 1 aromatic heterocycles. The zero-order valence-corrected chi connectivity index (χ0v) is 16.3. The van der Waals surface area contributed by atoms with Gasteiger partial charge in [-0.25, -0.2) is 18.9 Å². The summed E-state index contributed by atoms with van der Waals surface area (Å²) >= 11 is 1.40. The smallest absolute Gasteiger partial charge is 0.267 e. The van der Waals surface area contributed by atoms with E-state index in [1.807, 2.05) is 11.8 Å². The molecule has 0 radical (unpaired) electrons. The largest absolute Gasteiger partial charge is 0.345 e. The Morgan fingerprint density at radius 1 is 1.22 bits per heavy atom. The number of hydrogen-bond acceptors (Lipinski definition) is 7. The second-order valence-electron chi connectivity index (χ2n) is 6.06. The van der Waals surface area contributed by atoms with Crippen molar-refractivity contribution in [1.82, 2.24) is 14.8 Å². The predicted octanol–water partition coefficient (Wildman–Crippen LogP) is 1.48. The molecular formula is C17H20N4O4S2. The van der Waals surface area contributed by atoms with Crippen LogP contribution in [0.1, 0.15) is 10.4 Å². The minimum Gasteiger partial charge on any atom is -0.345 e. The number of rotatable bonds is 5. The average Bonchev–Trinajstić information content (AvgIpc) is 3.15. The van der Waals surface area contributed by atoms with Crippen LogP contribution in [0.5, 0.6) is 0 Å². The highest BCUT2D eigenvalue weighted by atomic mass is 32.2. The van der Waals surface area contributed by atoms with E-state index in [1.165, 1.54) is 27.2 Å². The first-order valence-corrected chi connectivity index (χ1v) is 10.6. The van der Waals surface area contributed by atoms with Crippen molar-refractivity contribution < 1.29 is 18.4 Å². The van der Waals surface area contributed by atoms with Crippen molar-refractivity contribution in [3.63, 3.8) is 0 Å². The van der Waals surface area contributed by atoms with Crippen LogP contribution in [0.15, 0.2) is 41.4 Å². The Morgan fingerprint density at radius 2 is 1.89 bits per heavy atom. The summed E-state index contributed by atoms with van der Waals surface area (Å²) < 4.78 is 27.0. The van der Waals surface area contributed by atoms with E-state index >= 15 is 0 Å². The van der Waals surface area contributed by atoms with E-state index in [2.05, 4.69) is 4.98 Å². The van der Waals surface area contributed by atoms with E-state index in [1.54, 1.807) is 36.5 Å². The standard InChI is InChI=1S/C17H20N4O4S2/c1-13-2-5-15(6-3-13)27(24,25)21-10-8-20(9-11-21)17-18-12-14(26-17)4-7-16(22)19-23/h2-7,12,23H,8-11H2,1H3,(H,19,22)/b7-4+. The van der Waals surface area contributed by atoms with Gasteiger partial charge >= 0.3 is 0 Å². The number of aromatic nitrogens is 1. The molecule has 0 unspecified atom stereocenters. The zero-order chi connectivity index (χ0) is 19.4. The fourth-order valence-electron chi connectivity index (χ4n) is 2.67. The Bertz CT molecular complexity index is 930. The van der Waals surface area contributed by atoms with Crippen LogP contribution in [0.25, 0.3) is 6.08 Å². The molecule has 0 atom stereocenters. The van der Waals surface area contributed by atoms with Crippen LogP contribution in [0, 0.1) is 6.92 Å². The molecule has 0 spiro atoms. The van der Waals surface area contributed by atoms with Crippen molar-refractivity contribution in [2.75, 3.05) is 31.1 Å². The minimum absolute atomic E-state index is 0.311. The van der Waals surface area contributed by atoms with E-state index in [0.29, 0.717) is 31.1 Å². The summed E-state index contributed by atoms with van der Waals surface area (Å²) in [5.41, 5.74) is 2.54. The molecule has 1 aliphatic heterocycles. The van der Waals surface area contributed by atoms with Gasteiger partial charge in [0.15, 0.2) is 5.13 Å². The Morgan fingerprint density at radius 3 is 2.52 bits per heavy atom. The van der Waals surface area contributed by atoms with Gasteiger partial charge in [-0.3, -0.25) is 10.0 Å². The van der Waals surface area contributed by atoms with Crippen LogP contribution >= 0.6 is 11.3 Å². The number of nitrogens with zero attached hydrogens (tertiary/aromatic N) is 3. The maximum absolute atomic E-state index is 12.8. The normalized spacial score (nSPS) is 16.0. The Balaban J connectivity index is 1.63. The van der Waals surface area contributed by atoms with E-state index < -0.39 is 15.9 Å². The minimum atomic E-state index is -3.49. The van der Waals surface area contributed by atoms with Gasteiger partial charge in [0.25, 0.3) is 5.91 Å². The molecule has 144 valence electrons. The molecule has 1 fully saturated rings. The van der Waals surface area contributed by atoms with Crippen LogP contribution in [0.3, 0.4) is 0 Å². The fraction of sp³-hybridized carbons (Fsp3) is 0.294. The summed E-state index contributed by atoms with van der Waals surface area (Å²) in [6, 6.07) is 6.87. The number of thiazole rings is 1. The Kier molecular flexibility index (Phi) is 5.90. The molecule has 10 heteroatoms. The van der Waals surface area contributed by atoms with Gasteiger partial charge in [0.2, 0.25) is 10.0 Å². The summed E-state index contributed by atoms with van der Waals surface area (Å²) in [6.45, 7) is 3.77. The third-order valence-corrected chi connectivity index (χ3v) is 7.12. The topological polar surface area (TPSA) is 103 Å². The summed E-state index contributed by atoms with van der Waals surface area (Å²) in [7, 11) is -3.49. The van der Waals surface area contributed by atoms with Gasteiger partial charge < -0.3 is 4.90 Å². The van der Waals surface area contributed by atoms with Gasteiger partial charge in [-0.1, -0.05) is 29.0 Å². The third kappa shape index (κ3) is 4.53. The molecule has 1 aromatic carbocycles. The number of benzene rings is 1. The lowest BCUT2D eigenvalue weighted by atomic mass is 10.2. The number of aryl methyl sites for hydroxylation is 1. The van der Waals surface area contributed by atoms with E-state index in [4.69, 9.17) is 5.21 Å². The lowest BCUT2D eigenvalue weighted by Crippen LogP contribution is -2.48. The highest BCUT2D eigenvalue weighted by Gasteiger charge is 2.29. The van der Waals surface area contributed by atoms with Crippen molar-refractivity contribution in [2.24, 2.45) is 0 Å². The molecule has 1 saturated heterocycles.